The summed E-state index contributed by atoms with van der Waals surface area (Å²) in [5.74, 6) is 0.233. The lowest BCUT2D eigenvalue weighted by Gasteiger charge is -2.27. The van der Waals surface area contributed by atoms with Gasteiger partial charge in [-0.25, -0.2) is 0 Å². The van der Waals surface area contributed by atoms with Crippen molar-refractivity contribution in [3.05, 3.63) is 35.1 Å². The fourth-order valence-electron chi connectivity index (χ4n) is 3.77. The van der Waals surface area contributed by atoms with E-state index in [1.54, 1.807) is 11.8 Å². The van der Waals surface area contributed by atoms with Crippen LogP contribution in [-0.2, 0) is 4.79 Å². The number of pyridine rings is 1. The third-order valence-electron chi connectivity index (χ3n) is 5.18. The zero-order valence-corrected chi connectivity index (χ0v) is 16.0. The van der Waals surface area contributed by atoms with Crippen molar-refractivity contribution < 1.29 is 4.79 Å². The standard InChI is InChI=1S/C19H25N5OS/c1-15-13-20-6-4-17(15)22-7-3-8-23(11-10-22)18(25)12-16-14-26-19-21-5-2-9-24(16)19/h4,6,13-14H,2-3,5,7-12H2,1H3. The van der Waals surface area contributed by atoms with E-state index >= 15 is 0 Å². The molecule has 138 valence electrons. The summed E-state index contributed by atoms with van der Waals surface area (Å²) >= 11 is 1.66. The van der Waals surface area contributed by atoms with Gasteiger partial charge in [-0.05, 0) is 36.8 Å². The monoisotopic (exact) mass is 371 g/mol. The number of nitrogens with zero attached hydrogens (tertiary/aromatic N) is 5. The summed E-state index contributed by atoms with van der Waals surface area (Å²) in [6.45, 7) is 7.46. The van der Waals surface area contributed by atoms with E-state index in [4.69, 9.17) is 0 Å². The number of anilines is 1. The van der Waals surface area contributed by atoms with Crippen LogP contribution < -0.4 is 4.90 Å². The highest BCUT2D eigenvalue weighted by Gasteiger charge is 2.28. The number of hydrogen-bond donors (Lipinski definition) is 0. The molecular formula is C19H25N5OS. The van der Waals surface area contributed by atoms with Crippen LogP contribution in [-0.4, -0.2) is 65.1 Å². The topological polar surface area (TPSA) is 52.0 Å². The van der Waals surface area contributed by atoms with Crippen molar-refractivity contribution in [2.45, 2.75) is 26.2 Å². The van der Waals surface area contributed by atoms with Crippen molar-refractivity contribution in [2.24, 2.45) is 4.99 Å². The van der Waals surface area contributed by atoms with Crippen LogP contribution in [0, 0.1) is 6.92 Å². The Morgan fingerprint density at radius 3 is 3.00 bits per heavy atom. The van der Waals surface area contributed by atoms with Gasteiger partial charge in [0.2, 0.25) is 5.91 Å². The molecule has 4 rings (SSSR count). The van der Waals surface area contributed by atoms with Crippen LogP contribution in [0.2, 0.25) is 0 Å². The molecule has 1 aromatic heterocycles. The molecule has 0 spiro atoms. The number of hydrogen-bond acceptors (Lipinski definition) is 6. The Kier molecular flexibility index (Phi) is 5.15. The van der Waals surface area contributed by atoms with E-state index in [1.807, 2.05) is 17.3 Å². The number of aliphatic imine (C=N–C) groups is 1. The van der Waals surface area contributed by atoms with E-state index in [2.05, 4.69) is 38.2 Å². The molecule has 7 heteroatoms. The van der Waals surface area contributed by atoms with Crippen molar-refractivity contribution in [1.29, 1.82) is 0 Å². The molecule has 0 atom stereocenters. The van der Waals surface area contributed by atoms with Crippen LogP contribution in [0.15, 0.2) is 34.6 Å². The first kappa shape index (κ1) is 17.4. The molecule has 0 N–H and O–H groups in total. The van der Waals surface area contributed by atoms with E-state index in [1.165, 1.54) is 11.3 Å². The van der Waals surface area contributed by atoms with E-state index in [9.17, 15) is 4.79 Å². The second kappa shape index (κ2) is 7.70. The third kappa shape index (κ3) is 3.58. The lowest BCUT2D eigenvalue weighted by molar-refractivity contribution is -0.130. The zero-order valence-electron chi connectivity index (χ0n) is 15.2. The van der Waals surface area contributed by atoms with Crippen LogP contribution in [0.25, 0.3) is 0 Å². The number of carbonyl (C=O) groups excluding carboxylic acids is 1. The first-order chi connectivity index (χ1) is 12.7. The van der Waals surface area contributed by atoms with Gasteiger partial charge < -0.3 is 14.7 Å². The van der Waals surface area contributed by atoms with Gasteiger partial charge in [-0.2, -0.15) is 0 Å². The number of fused-ring (bicyclic) bond motifs is 1. The highest BCUT2D eigenvalue weighted by atomic mass is 32.2. The molecule has 0 aromatic carbocycles. The molecule has 1 amide bonds. The Bertz CT molecular complexity index is 747. The van der Waals surface area contributed by atoms with Crippen LogP contribution in [0.5, 0.6) is 0 Å². The maximum atomic E-state index is 12.9. The summed E-state index contributed by atoms with van der Waals surface area (Å²) in [4.78, 5) is 28.2. The maximum absolute atomic E-state index is 12.9. The fourth-order valence-corrected chi connectivity index (χ4v) is 4.72. The van der Waals surface area contributed by atoms with Gasteiger partial charge in [0.1, 0.15) is 0 Å². The average molecular weight is 372 g/mol. The summed E-state index contributed by atoms with van der Waals surface area (Å²) < 4.78 is 0. The summed E-state index contributed by atoms with van der Waals surface area (Å²) in [6, 6.07) is 2.07. The quantitative estimate of drug-likeness (QED) is 0.817. The van der Waals surface area contributed by atoms with Crippen molar-refractivity contribution in [3.63, 3.8) is 0 Å². The Morgan fingerprint density at radius 1 is 1.19 bits per heavy atom. The number of carbonyl (C=O) groups is 1. The van der Waals surface area contributed by atoms with Crippen molar-refractivity contribution in [3.8, 4) is 0 Å². The first-order valence-corrected chi connectivity index (χ1v) is 10.2. The molecule has 1 aromatic rings. The molecule has 6 nitrogen and oxygen atoms in total. The molecule has 4 heterocycles. The molecule has 0 saturated carbocycles. The van der Waals surface area contributed by atoms with E-state index < -0.39 is 0 Å². The summed E-state index contributed by atoms with van der Waals surface area (Å²) in [6.07, 6.45) is 6.31. The largest absolute Gasteiger partial charge is 0.369 e. The van der Waals surface area contributed by atoms with Crippen LogP contribution in [0.4, 0.5) is 5.69 Å². The minimum absolute atomic E-state index is 0.233. The normalized spacial score (nSPS) is 20.4. The maximum Gasteiger partial charge on any atom is 0.228 e. The van der Waals surface area contributed by atoms with Crippen molar-refractivity contribution in [2.75, 3.05) is 44.2 Å². The molecule has 0 aliphatic carbocycles. The smallest absolute Gasteiger partial charge is 0.228 e. The molecule has 0 unspecified atom stereocenters. The predicted molar refractivity (Wildman–Crippen MR) is 106 cm³/mol. The summed E-state index contributed by atoms with van der Waals surface area (Å²) in [5.41, 5.74) is 3.54. The van der Waals surface area contributed by atoms with Gasteiger partial charge in [-0.3, -0.25) is 14.8 Å². The second-order valence-electron chi connectivity index (χ2n) is 6.96. The molecule has 3 aliphatic heterocycles. The number of amides is 1. The lowest BCUT2D eigenvalue weighted by atomic mass is 10.2. The average Bonchev–Trinajstić information content (AvgIpc) is 2.90. The molecule has 1 fully saturated rings. The number of aromatic nitrogens is 1. The van der Waals surface area contributed by atoms with Gasteiger partial charge in [0.05, 0.1) is 6.42 Å². The Balaban J connectivity index is 1.37. The predicted octanol–water partition coefficient (Wildman–Crippen LogP) is 2.47. The molecular weight excluding hydrogens is 346 g/mol. The van der Waals surface area contributed by atoms with Crippen molar-refractivity contribution >= 4 is 28.5 Å². The second-order valence-corrected chi connectivity index (χ2v) is 7.79. The molecule has 0 radical (unpaired) electrons. The highest BCUT2D eigenvalue weighted by Crippen LogP contribution is 2.31. The van der Waals surface area contributed by atoms with Gasteiger partial charge in [0.15, 0.2) is 5.17 Å². The van der Waals surface area contributed by atoms with Crippen molar-refractivity contribution in [1.82, 2.24) is 14.8 Å². The van der Waals surface area contributed by atoms with Crippen LogP contribution in [0.3, 0.4) is 0 Å². The minimum atomic E-state index is 0.233. The van der Waals surface area contributed by atoms with Crippen LogP contribution >= 0.6 is 11.8 Å². The Morgan fingerprint density at radius 2 is 2.12 bits per heavy atom. The zero-order chi connectivity index (χ0) is 17.9. The Labute approximate surface area is 159 Å². The molecule has 1 saturated heterocycles. The molecule has 26 heavy (non-hydrogen) atoms. The summed E-state index contributed by atoms with van der Waals surface area (Å²) in [7, 11) is 0. The lowest BCUT2D eigenvalue weighted by Crippen LogP contribution is -2.37. The number of rotatable bonds is 3. The minimum Gasteiger partial charge on any atom is -0.369 e. The third-order valence-corrected chi connectivity index (χ3v) is 6.13. The number of aryl methyl sites for hydroxylation is 1. The molecule has 0 bridgehead atoms. The van der Waals surface area contributed by atoms with Gasteiger partial charge in [-0.1, -0.05) is 11.8 Å². The van der Waals surface area contributed by atoms with Crippen LogP contribution in [0.1, 0.15) is 24.8 Å². The fraction of sp³-hybridized carbons (Fsp3) is 0.526. The van der Waals surface area contributed by atoms with Gasteiger partial charge in [-0.15, -0.1) is 0 Å². The molecule has 3 aliphatic rings. The SMILES string of the molecule is Cc1cnccc1N1CCCN(C(=O)CC2=CSC3=NCCCN23)CC1. The number of amidine groups is 1. The first-order valence-electron chi connectivity index (χ1n) is 9.33. The van der Waals surface area contributed by atoms with E-state index in [0.29, 0.717) is 6.42 Å². The van der Waals surface area contributed by atoms with Gasteiger partial charge in [0.25, 0.3) is 0 Å². The Hall–Kier alpha value is -2.02. The van der Waals surface area contributed by atoms with Gasteiger partial charge in [0, 0.05) is 63.0 Å². The summed E-state index contributed by atoms with van der Waals surface area (Å²) in [5, 5.41) is 3.17. The van der Waals surface area contributed by atoms with E-state index in [-0.39, 0.29) is 5.91 Å². The highest BCUT2D eigenvalue weighted by molar-refractivity contribution is 8.16. The van der Waals surface area contributed by atoms with E-state index in [0.717, 1.165) is 63.0 Å². The number of thioether (sulfide) groups is 1. The van der Waals surface area contributed by atoms with Gasteiger partial charge >= 0.3 is 0 Å².